The zero-order valence-electron chi connectivity index (χ0n) is 17.1. The van der Waals surface area contributed by atoms with Crippen molar-refractivity contribution in [1.82, 2.24) is 10.2 Å². The zero-order valence-corrected chi connectivity index (χ0v) is 20.2. The molecule has 0 bridgehead atoms. The van der Waals surface area contributed by atoms with E-state index in [1.54, 1.807) is 37.3 Å². The first-order chi connectivity index (χ1) is 14.2. The Morgan fingerprint density at radius 1 is 1.17 bits per heavy atom. The van der Waals surface area contributed by atoms with Gasteiger partial charge in [0.15, 0.2) is 6.61 Å². The molecule has 0 heterocycles. The van der Waals surface area contributed by atoms with E-state index >= 15 is 0 Å². The second-order valence-corrected chi connectivity index (χ2v) is 8.77. The third-order valence-corrected chi connectivity index (χ3v) is 5.68. The topological polar surface area (TPSA) is 58.6 Å². The Morgan fingerprint density at radius 2 is 1.90 bits per heavy atom. The van der Waals surface area contributed by atoms with Gasteiger partial charge in [-0.15, -0.1) is 0 Å². The van der Waals surface area contributed by atoms with Gasteiger partial charge in [0.05, 0.1) is 5.02 Å². The monoisotopic (exact) mass is 514 g/mol. The molecule has 2 aromatic carbocycles. The predicted octanol–water partition coefficient (Wildman–Crippen LogP) is 5.47. The quantitative estimate of drug-likeness (QED) is 0.482. The Labute approximate surface area is 195 Å². The highest BCUT2D eigenvalue weighted by molar-refractivity contribution is 9.10. The lowest BCUT2D eigenvalue weighted by Gasteiger charge is -2.29. The van der Waals surface area contributed by atoms with E-state index in [4.69, 9.17) is 27.9 Å². The van der Waals surface area contributed by atoms with Crippen LogP contribution in [0.3, 0.4) is 0 Å². The van der Waals surface area contributed by atoms with Gasteiger partial charge in [0.2, 0.25) is 5.91 Å². The number of carbonyl (C=O) groups is 2. The van der Waals surface area contributed by atoms with Gasteiger partial charge in [-0.05, 0) is 56.2 Å². The van der Waals surface area contributed by atoms with Gasteiger partial charge in [-0.25, -0.2) is 0 Å². The lowest BCUT2D eigenvalue weighted by Crippen LogP contribution is -2.50. The fraction of sp³-hybridized carbons (Fsp3) is 0.364. The van der Waals surface area contributed by atoms with Crippen molar-refractivity contribution in [1.29, 1.82) is 0 Å². The van der Waals surface area contributed by atoms with Crippen molar-refractivity contribution < 1.29 is 14.3 Å². The number of amides is 2. The number of nitrogens with one attached hydrogen (secondary N) is 1. The molecule has 2 rings (SSSR count). The molecule has 8 heteroatoms. The van der Waals surface area contributed by atoms with Gasteiger partial charge in [-0.2, -0.15) is 0 Å². The summed E-state index contributed by atoms with van der Waals surface area (Å²) in [6.07, 6.45) is 0.797. The van der Waals surface area contributed by atoms with E-state index in [2.05, 4.69) is 21.2 Å². The fourth-order valence-electron chi connectivity index (χ4n) is 2.69. The second-order valence-electron chi connectivity index (χ2n) is 7.01. The van der Waals surface area contributed by atoms with Crippen LogP contribution in [-0.2, 0) is 16.1 Å². The molecule has 30 heavy (non-hydrogen) atoms. The molecule has 0 aliphatic heterocycles. The van der Waals surface area contributed by atoms with E-state index in [1.165, 1.54) is 4.90 Å². The van der Waals surface area contributed by atoms with Crippen LogP contribution in [0.4, 0.5) is 0 Å². The van der Waals surface area contributed by atoms with Gasteiger partial charge in [-0.3, -0.25) is 9.59 Å². The van der Waals surface area contributed by atoms with Crippen molar-refractivity contribution in [2.45, 2.75) is 45.8 Å². The molecule has 0 aromatic heterocycles. The number of rotatable bonds is 9. The summed E-state index contributed by atoms with van der Waals surface area (Å²) >= 11 is 15.6. The van der Waals surface area contributed by atoms with Crippen LogP contribution in [-0.4, -0.2) is 35.4 Å². The van der Waals surface area contributed by atoms with Crippen LogP contribution >= 0.6 is 39.1 Å². The maximum Gasteiger partial charge on any atom is 0.261 e. The third kappa shape index (κ3) is 7.18. The summed E-state index contributed by atoms with van der Waals surface area (Å²) in [5.41, 5.74) is 0.820. The van der Waals surface area contributed by atoms with Gasteiger partial charge in [0.1, 0.15) is 11.8 Å². The summed E-state index contributed by atoms with van der Waals surface area (Å²) in [6.45, 7) is 5.59. The van der Waals surface area contributed by atoms with E-state index in [1.807, 2.05) is 26.0 Å². The van der Waals surface area contributed by atoms with Crippen LogP contribution in [0.15, 0.2) is 46.9 Å². The van der Waals surface area contributed by atoms with Crippen LogP contribution in [0.25, 0.3) is 0 Å². The summed E-state index contributed by atoms with van der Waals surface area (Å²) < 4.78 is 6.44. The molecule has 1 N–H and O–H groups in total. The summed E-state index contributed by atoms with van der Waals surface area (Å²) in [7, 11) is 0. The van der Waals surface area contributed by atoms with Crippen LogP contribution in [0.1, 0.15) is 32.8 Å². The van der Waals surface area contributed by atoms with Crippen molar-refractivity contribution in [3.63, 3.8) is 0 Å². The van der Waals surface area contributed by atoms with E-state index in [9.17, 15) is 9.59 Å². The molecule has 0 unspecified atom stereocenters. The largest absolute Gasteiger partial charge is 0.482 e. The molecule has 2 amide bonds. The van der Waals surface area contributed by atoms with Gasteiger partial charge >= 0.3 is 0 Å². The predicted molar refractivity (Wildman–Crippen MR) is 124 cm³/mol. The van der Waals surface area contributed by atoms with Gasteiger partial charge < -0.3 is 15.0 Å². The van der Waals surface area contributed by atoms with Gasteiger partial charge in [0, 0.05) is 22.1 Å². The highest BCUT2D eigenvalue weighted by atomic mass is 79.9. The van der Waals surface area contributed by atoms with Crippen LogP contribution < -0.4 is 10.1 Å². The highest BCUT2D eigenvalue weighted by Gasteiger charge is 2.27. The third-order valence-electron chi connectivity index (χ3n) is 4.66. The lowest BCUT2D eigenvalue weighted by atomic mass is 10.1. The summed E-state index contributed by atoms with van der Waals surface area (Å²) in [6, 6.07) is 11.7. The Morgan fingerprint density at radius 3 is 2.53 bits per heavy atom. The number of carbonyl (C=O) groups excluding carboxylic acids is 2. The number of halogens is 3. The first-order valence-electron chi connectivity index (χ1n) is 9.63. The molecule has 0 saturated heterocycles. The molecule has 0 saturated carbocycles. The Kier molecular flexibility index (Phi) is 9.46. The van der Waals surface area contributed by atoms with E-state index in [-0.39, 0.29) is 31.0 Å². The standard InChI is InChI=1S/C22H25BrCl2N2O3/c1-4-14(2)26-22(29)15(3)27(12-16-6-5-7-18(24)10-16)21(28)13-30-20-9-8-17(23)11-19(20)25/h5-11,14-15H,4,12-13H2,1-3H3,(H,26,29)/t14-,15-/m0/s1. The minimum Gasteiger partial charge on any atom is -0.482 e. The van der Waals surface area contributed by atoms with Crippen molar-refractivity contribution in [3.8, 4) is 5.75 Å². The molecular weight excluding hydrogens is 491 g/mol. The fourth-order valence-corrected chi connectivity index (χ4v) is 3.64. The number of ether oxygens (including phenoxy) is 1. The number of benzene rings is 2. The normalized spacial score (nSPS) is 12.7. The minimum absolute atomic E-state index is 0.0147. The van der Waals surface area contributed by atoms with Crippen molar-refractivity contribution in [3.05, 3.63) is 62.5 Å². The van der Waals surface area contributed by atoms with E-state index < -0.39 is 6.04 Å². The Hall–Kier alpha value is -1.76. The maximum atomic E-state index is 13.0. The SMILES string of the molecule is CC[C@H](C)NC(=O)[C@H](C)N(Cc1cccc(Cl)c1)C(=O)COc1ccc(Br)cc1Cl. The molecule has 2 aromatic rings. The average Bonchev–Trinajstić information content (AvgIpc) is 2.70. The summed E-state index contributed by atoms with van der Waals surface area (Å²) in [5.74, 6) is -0.158. The van der Waals surface area contributed by atoms with Crippen molar-refractivity contribution in [2.24, 2.45) is 0 Å². The lowest BCUT2D eigenvalue weighted by molar-refractivity contribution is -0.142. The average molecular weight is 516 g/mol. The molecule has 162 valence electrons. The zero-order chi connectivity index (χ0) is 22.3. The van der Waals surface area contributed by atoms with Gasteiger partial charge in [0.25, 0.3) is 5.91 Å². The first kappa shape index (κ1) is 24.5. The van der Waals surface area contributed by atoms with E-state index in [0.29, 0.717) is 15.8 Å². The summed E-state index contributed by atoms with van der Waals surface area (Å²) in [5, 5.41) is 3.88. The molecule has 0 aliphatic carbocycles. The summed E-state index contributed by atoms with van der Waals surface area (Å²) in [4.78, 5) is 27.2. The number of nitrogens with zero attached hydrogens (tertiary/aromatic N) is 1. The Bertz CT molecular complexity index is 894. The molecular formula is C22H25BrCl2N2O3. The first-order valence-corrected chi connectivity index (χ1v) is 11.2. The minimum atomic E-state index is -0.686. The second kappa shape index (κ2) is 11.6. The Balaban J connectivity index is 2.18. The molecule has 0 radical (unpaired) electrons. The molecule has 2 atom stereocenters. The van der Waals surface area contributed by atoms with Crippen molar-refractivity contribution >= 4 is 50.9 Å². The molecule has 5 nitrogen and oxygen atoms in total. The van der Waals surface area contributed by atoms with Crippen LogP contribution in [0.2, 0.25) is 10.0 Å². The van der Waals surface area contributed by atoms with Crippen molar-refractivity contribution in [2.75, 3.05) is 6.61 Å². The molecule has 0 spiro atoms. The van der Waals surface area contributed by atoms with Crippen LogP contribution in [0.5, 0.6) is 5.75 Å². The smallest absolute Gasteiger partial charge is 0.261 e. The molecule has 0 aliphatic rings. The maximum absolute atomic E-state index is 13.0. The number of hydrogen-bond donors (Lipinski definition) is 1. The number of hydrogen-bond acceptors (Lipinski definition) is 3. The molecule has 0 fully saturated rings. The van der Waals surface area contributed by atoms with E-state index in [0.717, 1.165) is 16.5 Å². The van der Waals surface area contributed by atoms with Gasteiger partial charge in [-0.1, -0.05) is 58.2 Å². The van der Waals surface area contributed by atoms with Crippen LogP contribution in [0, 0.1) is 0 Å². The highest BCUT2D eigenvalue weighted by Crippen LogP contribution is 2.27.